The molecule has 1 saturated carbocycles. The minimum absolute atomic E-state index is 0.0378. The third-order valence-corrected chi connectivity index (χ3v) is 3.57. The molecule has 0 N–H and O–H groups in total. The van der Waals surface area contributed by atoms with Crippen molar-refractivity contribution in [2.45, 2.75) is 44.4 Å². The Labute approximate surface area is 115 Å². The molecule has 1 aliphatic carbocycles. The molecule has 1 aliphatic rings. The van der Waals surface area contributed by atoms with Crippen molar-refractivity contribution in [3.05, 3.63) is 35.9 Å². The van der Waals surface area contributed by atoms with Crippen LogP contribution in [0.15, 0.2) is 30.3 Å². The first-order valence-corrected chi connectivity index (χ1v) is 6.80. The van der Waals surface area contributed by atoms with E-state index in [4.69, 9.17) is 4.74 Å². The second-order valence-electron chi connectivity index (χ2n) is 5.10. The number of hydrogen-bond donors (Lipinski definition) is 0. The summed E-state index contributed by atoms with van der Waals surface area (Å²) in [6.45, 7) is 0. The second kappa shape index (κ2) is 6.29. The zero-order valence-electron chi connectivity index (χ0n) is 11.0. The number of alkyl halides is 3. The summed E-state index contributed by atoms with van der Waals surface area (Å²) in [7, 11) is 0. The van der Waals surface area contributed by atoms with Crippen molar-refractivity contribution in [3.8, 4) is 0 Å². The molecule has 2 rings (SSSR count). The van der Waals surface area contributed by atoms with Crippen LogP contribution < -0.4 is 0 Å². The maximum atomic E-state index is 13.1. The Morgan fingerprint density at radius 1 is 1.10 bits per heavy atom. The molecule has 0 saturated heterocycles. The molecule has 1 aromatic rings. The van der Waals surface area contributed by atoms with Gasteiger partial charge in [-0.1, -0.05) is 49.6 Å². The van der Waals surface area contributed by atoms with Gasteiger partial charge in [-0.05, 0) is 12.8 Å². The monoisotopic (exact) mass is 286 g/mol. The van der Waals surface area contributed by atoms with Crippen LogP contribution in [0.2, 0.25) is 0 Å². The van der Waals surface area contributed by atoms with E-state index in [0.717, 1.165) is 19.3 Å². The van der Waals surface area contributed by atoms with Gasteiger partial charge in [0.25, 0.3) is 0 Å². The molecule has 0 heterocycles. The molecule has 5 heteroatoms. The number of esters is 1. The lowest BCUT2D eigenvalue weighted by molar-refractivity contribution is -0.226. The van der Waals surface area contributed by atoms with Crippen molar-refractivity contribution in [2.75, 3.05) is 0 Å². The highest BCUT2D eigenvalue weighted by atomic mass is 19.4. The number of carbonyl (C=O) groups excluding carboxylic acids is 1. The van der Waals surface area contributed by atoms with E-state index in [1.165, 1.54) is 24.3 Å². The molecule has 0 aliphatic heterocycles. The van der Waals surface area contributed by atoms with E-state index in [2.05, 4.69) is 0 Å². The van der Waals surface area contributed by atoms with Gasteiger partial charge < -0.3 is 4.74 Å². The summed E-state index contributed by atoms with van der Waals surface area (Å²) in [5.41, 5.74) is -0.0378. The fourth-order valence-corrected chi connectivity index (χ4v) is 2.50. The van der Waals surface area contributed by atoms with Crippen LogP contribution in [0.4, 0.5) is 13.2 Å². The molecule has 20 heavy (non-hydrogen) atoms. The summed E-state index contributed by atoms with van der Waals surface area (Å²) in [6.07, 6.45) is -2.73. The van der Waals surface area contributed by atoms with Crippen LogP contribution in [0.1, 0.15) is 43.8 Å². The Bertz CT molecular complexity index is 436. The summed E-state index contributed by atoms with van der Waals surface area (Å²) in [5.74, 6) is -1.12. The number of benzene rings is 1. The summed E-state index contributed by atoms with van der Waals surface area (Å²) in [5, 5.41) is 0. The number of carbonyl (C=O) groups is 1. The van der Waals surface area contributed by atoms with E-state index < -0.39 is 24.2 Å². The van der Waals surface area contributed by atoms with E-state index in [1.807, 2.05) is 0 Å². The first-order valence-electron chi connectivity index (χ1n) is 6.80. The third kappa shape index (κ3) is 3.74. The van der Waals surface area contributed by atoms with Gasteiger partial charge >= 0.3 is 12.1 Å². The molecule has 110 valence electrons. The average Bonchev–Trinajstić information content (AvgIpc) is 2.45. The van der Waals surface area contributed by atoms with Crippen molar-refractivity contribution in [1.29, 1.82) is 0 Å². The van der Waals surface area contributed by atoms with Crippen molar-refractivity contribution in [2.24, 2.45) is 5.92 Å². The molecular formula is C15H17F3O2. The predicted octanol–water partition coefficient (Wildman–Crippen LogP) is 4.41. The molecule has 0 bridgehead atoms. The van der Waals surface area contributed by atoms with Gasteiger partial charge in [-0.25, -0.2) is 0 Å². The van der Waals surface area contributed by atoms with Crippen LogP contribution in [-0.2, 0) is 9.53 Å². The van der Waals surface area contributed by atoms with Gasteiger partial charge in [-0.15, -0.1) is 0 Å². The molecule has 0 radical (unpaired) electrons. The van der Waals surface area contributed by atoms with Crippen LogP contribution >= 0.6 is 0 Å². The highest BCUT2D eigenvalue weighted by Crippen LogP contribution is 2.37. The summed E-state index contributed by atoms with van der Waals surface area (Å²) < 4.78 is 43.9. The molecule has 1 aromatic carbocycles. The number of halogens is 3. The Morgan fingerprint density at radius 3 is 2.25 bits per heavy atom. The van der Waals surface area contributed by atoms with Gasteiger partial charge in [0, 0.05) is 5.56 Å². The predicted molar refractivity (Wildman–Crippen MR) is 67.9 cm³/mol. The molecule has 2 nitrogen and oxygen atoms in total. The third-order valence-electron chi connectivity index (χ3n) is 3.57. The lowest BCUT2D eigenvalue weighted by Gasteiger charge is -2.25. The molecule has 0 spiro atoms. The summed E-state index contributed by atoms with van der Waals surface area (Å²) in [6, 6.07) is 7.28. The topological polar surface area (TPSA) is 26.3 Å². The quantitative estimate of drug-likeness (QED) is 0.769. The van der Waals surface area contributed by atoms with Crippen molar-refractivity contribution in [1.82, 2.24) is 0 Å². The van der Waals surface area contributed by atoms with Crippen LogP contribution in [0.3, 0.4) is 0 Å². The number of ether oxygens (including phenoxy) is 1. The van der Waals surface area contributed by atoms with Crippen molar-refractivity contribution >= 4 is 5.97 Å². The fourth-order valence-electron chi connectivity index (χ4n) is 2.50. The molecule has 1 unspecified atom stereocenters. The highest BCUT2D eigenvalue weighted by Gasteiger charge is 2.44. The minimum Gasteiger partial charge on any atom is -0.447 e. The largest absolute Gasteiger partial charge is 0.447 e. The Morgan fingerprint density at radius 2 is 1.70 bits per heavy atom. The zero-order valence-corrected chi connectivity index (χ0v) is 11.0. The fraction of sp³-hybridized carbons (Fsp3) is 0.533. The van der Waals surface area contributed by atoms with Crippen LogP contribution in [-0.4, -0.2) is 12.1 Å². The standard InChI is InChI=1S/C15H17F3O2/c16-15(17,18)13(11-7-3-1-4-8-11)20-14(19)12-9-5-2-6-10-12/h1,3-4,7-8,12-13H,2,5-6,9-10H2. The van der Waals surface area contributed by atoms with Gasteiger partial charge in [0.2, 0.25) is 6.10 Å². The Hall–Kier alpha value is -1.52. The lowest BCUT2D eigenvalue weighted by atomic mass is 9.89. The maximum absolute atomic E-state index is 13.1. The summed E-state index contributed by atoms with van der Waals surface area (Å²) in [4.78, 5) is 11.9. The first kappa shape index (κ1) is 14.9. The smallest absolute Gasteiger partial charge is 0.429 e. The lowest BCUT2D eigenvalue weighted by Crippen LogP contribution is -2.30. The van der Waals surface area contributed by atoms with Gasteiger partial charge in [0.15, 0.2) is 0 Å². The summed E-state index contributed by atoms with van der Waals surface area (Å²) >= 11 is 0. The van der Waals surface area contributed by atoms with Crippen molar-refractivity contribution < 1.29 is 22.7 Å². The van der Waals surface area contributed by atoms with Crippen LogP contribution in [0.5, 0.6) is 0 Å². The average molecular weight is 286 g/mol. The second-order valence-corrected chi connectivity index (χ2v) is 5.10. The first-order chi connectivity index (χ1) is 9.48. The Kier molecular flexibility index (Phi) is 4.68. The molecule has 1 fully saturated rings. The van der Waals surface area contributed by atoms with Gasteiger partial charge in [-0.2, -0.15) is 13.2 Å². The van der Waals surface area contributed by atoms with Crippen LogP contribution in [0, 0.1) is 5.92 Å². The van der Waals surface area contributed by atoms with E-state index in [0.29, 0.717) is 12.8 Å². The molecule has 0 amide bonds. The van der Waals surface area contributed by atoms with Crippen molar-refractivity contribution in [3.63, 3.8) is 0 Å². The van der Waals surface area contributed by atoms with Crippen LogP contribution in [0.25, 0.3) is 0 Å². The van der Waals surface area contributed by atoms with E-state index in [1.54, 1.807) is 6.07 Å². The highest BCUT2D eigenvalue weighted by molar-refractivity contribution is 5.72. The SMILES string of the molecule is O=C(OC(c1ccccc1)C(F)(F)F)C1CCCCC1. The van der Waals surface area contributed by atoms with Gasteiger partial charge in [-0.3, -0.25) is 4.79 Å². The van der Waals surface area contributed by atoms with Gasteiger partial charge in [0.05, 0.1) is 5.92 Å². The van der Waals surface area contributed by atoms with E-state index in [9.17, 15) is 18.0 Å². The molecule has 1 atom stereocenters. The van der Waals surface area contributed by atoms with Gasteiger partial charge in [0.1, 0.15) is 0 Å². The van der Waals surface area contributed by atoms with E-state index in [-0.39, 0.29) is 5.56 Å². The number of rotatable bonds is 3. The minimum atomic E-state index is -4.59. The maximum Gasteiger partial charge on any atom is 0.429 e. The van der Waals surface area contributed by atoms with E-state index >= 15 is 0 Å². The number of hydrogen-bond acceptors (Lipinski definition) is 2. The molecular weight excluding hydrogens is 269 g/mol. The normalized spacial score (nSPS) is 18.6. The Balaban J connectivity index is 2.10. The molecule has 0 aromatic heterocycles. The zero-order chi connectivity index (χ0) is 14.6.